The van der Waals surface area contributed by atoms with Crippen molar-refractivity contribution in [3.8, 4) is 0 Å². The number of nitrogens with zero attached hydrogens (tertiary/aromatic N) is 2. The van der Waals surface area contributed by atoms with E-state index < -0.39 is 11.2 Å². The predicted molar refractivity (Wildman–Crippen MR) is 71.1 cm³/mol. The van der Waals surface area contributed by atoms with E-state index in [0.29, 0.717) is 10.9 Å². The predicted octanol–water partition coefficient (Wildman–Crippen LogP) is 0.642. The summed E-state index contributed by atoms with van der Waals surface area (Å²) in [7, 11) is 3.93. The minimum absolute atomic E-state index is 0.159. The lowest BCUT2D eigenvalue weighted by Crippen LogP contribution is -2.34. The van der Waals surface area contributed by atoms with Gasteiger partial charge < -0.3 is 10.0 Å². The summed E-state index contributed by atoms with van der Waals surface area (Å²) < 4.78 is 0.500. The van der Waals surface area contributed by atoms with Crippen LogP contribution in [-0.4, -0.2) is 63.5 Å². The first-order chi connectivity index (χ1) is 7.91. The molecular formula is C10H16N2O3S2. The van der Waals surface area contributed by atoms with E-state index in [1.807, 2.05) is 19.0 Å². The number of aliphatic carboxylic acids is 1. The third-order valence-corrected chi connectivity index (χ3v) is 3.94. The first-order valence-corrected chi connectivity index (χ1v) is 6.59. The van der Waals surface area contributed by atoms with Gasteiger partial charge in [0.25, 0.3) is 0 Å². The molecule has 0 spiro atoms. The van der Waals surface area contributed by atoms with Crippen LogP contribution in [-0.2, 0) is 9.59 Å². The van der Waals surface area contributed by atoms with E-state index in [1.165, 1.54) is 16.7 Å². The molecule has 17 heavy (non-hydrogen) atoms. The van der Waals surface area contributed by atoms with Gasteiger partial charge in [0.05, 0.1) is 6.42 Å². The standard InChI is InChI=1S/C10H16N2O3S2/c1-11(2)4-3-5-12-9(15)7(6-8(13)14)17-10(12)16/h7H,3-6H2,1-2H3,(H,13,14)/t7-/m0/s1. The van der Waals surface area contributed by atoms with Gasteiger partial charge in [-0.3, -0.25) is 14.5 Å². The van der Waals surface area contributed by atoms with Crippen molar-refractivity contribution in [2.45, 2.75) is 18.1 Å². The van der Waals surface area contributed by atoms with Crippen molar-refractivity contribution < 1.29 is 14.7 Å². The van der Waals surface area contributed by atoms with Gasteiger partial charge in [-0.05, 0) is 27.1 Å². The molecule has 96 valence electrons. The molecule has 0 saturated carbocycles. The molecule has 5 nitrogen and oxygen atoms in total. The Bertz CT molecular complexity index is 334. The Labute approximate surface area is 110 Å². The molecule has 0 aromatic heterocycles. The summed E-state index contributed by atoms with van der Waals surface area (Å²) in [5.74, 6) is -1.13. The van der Waals surface area contributed by atoms with E-state index in [-0.39, 0.29) is 12.3 Å². The van der Waals surface area contributed by atoms with Crippen molar-refractivity contribution in [1.82, 2.24) is 9.80 Å². The highest BCUT2D eigenvalue weighted by Gasteiger charge is 2.37. The zero-order valence-electron chi connectivity index (χ0n) is 9.88. The topological polar surface area (TPSA) is 60.9 Å². The number of thioether (sulfide) groups is 1. The van der Waals surface area contributed by atoms with Crippen LogP contribution < -0.4 is 0 Å². The van der Waals surface area contributed by atoms with Crippen molar-refractivity contribution in [2.75, 3.05) is 27.2 Å². The molecule has 1 saturated heterocycles. The minimum Gasteiger partial charge on any atom is -0.481 e. The van der Waals surface area contributed by atoms with Gasteiger partial charge in [-0.15, -0.1) is 0 Å². The van der Waals surface area contributed by atoms with Crippen LogP contribution in [0.25, 0.3) is 0 Å². The van der Waals surface area contributed by atoms with Gasteiger partial charge in [0, 0.05) is 6.54 Å². The highest BCUT2D eigenvalue weighted by molar-refractivity contribution is 8.24. The zero-order chi connectivity index (χ0) is 13.0. The molecular weight excluding hydrogens is 260 g/mol. The van der Waals surface area contributed by atoms with Gasteiger partial charge in [-0.2, -0.15) is 0 Å². The maximum absolute atomic E-state index is 11.9. The van der Waals surface area contributed by atoms with Crippen molar-refractivity contribution in [3.05, 3.63) is 0 Å². The summed E-state index contributed by atoms with van der Waals surface area (Å²) in [6.07, 6.45) is 0.674. The monoisotopic (exact) mass is 276 g/mol. The molecule has 0 aliphatic carbocycles. The van der Waals surface area contributed by atoms with Crippen LogP contribution >= 0.6 is 24.0 Å². The molecule has 1 aliphatic rings. The van der Waals surface area contributed by atoms with Gasteiger partial charge in [-0.1, -0.05) is 24.0 Å². The summed E-state index contributed by atoms with van der Waals surface area (Å²) in [4.78, 5) is 26.0. The van der Waals surface area contributed by atoms with Crippen LogP contribution in [0.2, 0.25) is 0 Å². The van der Waals surface area contributed by atoms with E-state index >= 15 is 0 Å². The van der Waals surface area contributed by atoms with Crippen molar-refractivity contribution >= 4 is 40.2 Å². The number of carboxylic acid groups (broad SMARTS) is 1. The first kappa shape index (κ1) is 14.4. The van der Waals surface area contributed by atoms with Crippen LogP contribution in [0.15, 0.2) is 0 Å². The van der Waals surface area contributed by atoms with Gasteiger partial charge in [0.1, 0.15) is 9.57 Å². The Balaban J connectivity index is 2.48. The highest BCUT2D eigenvalue weighted by Crippen LogP contribution is 2.29. The summed E-state index contributed by atoms with van der Waals surface area (Å²) in [6.45, 7) is 1.44. The molecule has 1 heterocycles. The molecule has 0 bridgehead atoms. The number of carbonyl (C=O) groups is 2. The third-order valence-electron chi connectivity index (χ3n) is 2.35. The summed E-state index contributed by atoms with van der Waals surface area (Å²) >= 11 is 6.27. The number of rotatable bonds is 6. The second kappa shape index (κ2) is 6.32. The van der Waals surface area contributed by atoms with E-state index in [1.54, 1.807) is 0 Å². The molecule has 0 aromatic rings. The Morgan fingerprint density at radius 1 is 1.59 bits per heavy atom. The fourth-order valence-electron chi connectivity index (χ4n) is 1.53. The van der Waals surface area contributed by atoms with E-state index in [2.05, 4.69) is 0 Å². The molecule has 1 aliphatic heterocycles. The quantitative estimate of drug-likeness (QED) is 0.719. The molecule has 1 rings (SSSR count). The highest BCUT2D eigenvalue weighted by atomic mass is 32.2. The van der Waals surface area contributed by atoms with Crippen LogP contribution in [0.3, 0.4) is 0 Å². The normalized spacial score (nSPS) is 20.4. The fourth-order valence-corrected chi connectivity index (χ4v) is 3.07. The van der Waals surface area contributed by atoms with Crippen molar-refractivity contribution in [2.24, 2.45) is 0 Å². The molecule has 1 fully saturated rings. The van der Waals surface area contributed by atoms with Gasteiger partial charge in [0.15, 0.2) is 0 Å². The average molecular weight is 276 g/mol. The van der Waals surface area contributed by atoms with E-state index in [9.17, 15) is 9.59 Å². The Kier molecular flexibility index (Phi) is 5.35. The third kappa shape index (κ3) is 4.25. The number of hydrogen-bond donors (Lipinski definition) is 1. The van der Waals surface area contributed by atoms with Crippen LogP contribution in [0.1, 0.15) is 12.8 Å². The molecule has 1 atom stereocenters. The molecule has 0 unspecified atom stereocenters. The fraction of sp³-hybridized carbons (Fsp3) is 0.700. The van der Waals surface area contributed by atoms with Crippen LogP contribution in [0, 0.1) is 0 Å². The summed E-state index contributed by atoms with van der Waals surface area (Å²) in [5.41, 5.74) is 0. The van der Waals surface area contributed by atoms with Crippen LogP contribution in [0.4, 0.5) is 0 Å². The van der Waals surface area contributed by atoms with Crippen LogP contribution in [0.5, 0.6) is 0 Å². The average Bonchev–Trinajstić information content (AvgIpc) is 2.44. The summed E-state index contributed by atoms with van der Waals surface area (Å²) in [5, 5.41) is 8.14. The Morgan fingerprint density at radius 2 is 2.24 bits per heavy atom. The Morgan fingerprint density at radius 3 is 2.76 bits per heavy atom. The number of carbonyl (C=O) groups excluding carboxylic acids is 1. The molecule has 1 amide bonds. The lowest BCUT2D eigenvalue weighted by atomic mass is 10.2. The SMILES string of the molecule is CN(C)CCCN1C(=O)[C@H](CC(=O)O)SC1=S. The van der Waals surface area contributed by atoms with Gasteiger partial charge in [-0.25, -0.2) is 0 Å². The number of amides is 1. The number of thiocarbonyl (C=S) groups is 1. The molecule has 1 N–H and O–H groups in total. The van der Waals surface area contributed by atoms with Crippen molar-refractivity contribution in [1.29, 1.82) is 0 Å². The lowest BCUT2D eigenvalue weighted by Gasteiger charge is -2.16. The van der Waals surface area contributed by atoms with Gasteiger partial charge >= 0.3 is 5.97 Å². The van der Waals surface area contributed by atoms with Crippen molar-refractivity contribution in [3.63, 3.8) is 0 Å². The first-order valence-electron chi connectivity index (χ1n) is 5.30. The molecule has 0 aromatic carbocycles. The maximum atomic E-state index is 11.9. The second-order valence-electron chi connectivity index (χ2n) is 4.12. The second-order valence-corrected chi connectivity index (χ2v) is 5.95. The number of carboxylic acids is 1. The summed E-state index contributed by atoms with van der Waals surface area (Å²) in [6, 6.07) is 0. The molecule has 0 radical (unpaired) electrons. The molecule has 7 heteroatoms. The smallest absolute Gasteiger partial charge is 0.305 e. The largest absolute Gasteiger partial charge is 0.481 e. The Hall–Kier alpha value is -0.660. The lowest BCUT2D eigenvalue weighted by molar-refractivity contribution is -0.139. The van der Waals surface area contributed by atoms with E-state index in [4.69, 9.17) is 17.3 Å². The van der Waals surface area contributed by atoms with E-state index in [0.717, 1.165) is 13.0 Å². The number of hydrogen-bond acceptors (Lipinski definition) is 5. The zero-order valence-corrected chi connectivity index (χ0v) is 11.5. The minimum atomic E-state index is -0.964. The van der Waals surface area contributed by atoms with Gasteiger partial charge in [0.2, 0.25) is 5.91 Å². The maximum Gasteiger partial charge on any atom is 0.305 e.